The summed E-state index contributed by atoms with van der Waals surface area (Å²) in [5.41, 5.74) is 0.721. The summed E-state index contributed by atoms with van der Waals surface area (Å²) in [5, 5.41) is 8.25. The largest absolute Gasteiger partial charge is 0.365 e. The Morgan fingerprint density at radius 1 is 1.05 bits per heavy atom. The van der Waals surface area contributed by atoms with Crippen LogP contribution in [-0.2, 0) is 13.1 Å². The van der Waals surface area contributed by atoms with Gasteiger partial charge in [0.2, 0.25) is 0 Å². The molecule has 1 N–H and O–H groups in total. The molecular formula is C26H28F3N7O. The molecule has 0 atom stereocenters. The van der Waals surface area contributed by atoms with Crippen LogP contribution in [0.25, 0.3) is 10.9 Å². The maximum Gasteiger partial charge on any atom is 0.266 e. The molecule has 0 saturated heterocycles. The first kappa shape index (κ1) is 26.1. The summed E-state index contributed by atoms with van der Waals surface area (Å²) in [6.45, 7) is 2.83. The lowest BCUT2D eigenvalue weighted by molar-refractivity contribution is 0.146. The van der Waals surface area contributed by atoms with Crippen molar-refractivity contribution in [2.75, 3.05) is 37.9 Å². The molecular weight excluding hydrogens is 483 g/mol. The van der Waals surface area contributed by atoms with E-state index in [9.17, 15) is 18.0 Å². The topological polar surface area (TPSA) is 79.2 Å². The maximum atomic E-state index is 14.5. The highest BCUT2D eigenvalue weighted by atomic mass is 19.3. The number of halogens is 3. The van der Waals surface area contributed by atoms with E-state index in [1.807, 2.05) is 49.1 Å². The molecule has 0 saturated carbocycles. The van der Waals surface area contributed by atoms with Crippen LogP contribution in [0.4, 0.5) is 30.5 Å². The van der Waals surface area contributed by atoms with Crippen LogP contribution in [0, 0.1) is 12.7 Å². The molecule has 2 heterocycles. The van der Waals surface area contributed by atoms with E-state index in [2.05, 4.69) is 20.4 Å². The zero-order chi connectivity index (χ0) is 26.7. The van der Waals surface area contributed by atoms with E-state index in [-0.39, 0.29) is 17.7 Å². The van der Waals surface area contributed by atoms with Gasteiger partial charge in [-0.1, -0.05) is 18.2 Å². The normalized spacial score (nSPS) is 11.5. The van der Waals surface area contributed by atoms with E-state index in [4.69, 9.17) is 0 Å². The van der Waals surface area contributed by atoms with Gasteiger partial charge in [0, 0.05) is 42.8 Å². The minimum Gasteiger partial charge on any atom is -0.365 e. The van der Waals surface area contributed by atoms with Crippen molar-refractivity contribution >= 4 is 28.2 Å². The predicted molar refractivity (Wildman–Crippen MR) is 138 cm³/mol. The minimum absolute atomic E-state index is 0.0313. The molecule has 0 aliphatic heterocycles. The number of fused-ring (bicyclic) bond motifs is 1. The third-order valence-electron chi connectivity index (χ3n) is 5.92. The molecule has 0 aliphatic rings. The Kier molecular flexibility index (Phi) is 7.72. The molecule has 0 fully saturated rings. The van der Waals surface area contributed by atoms with Gasteiger partial charge in [-0.25, -0.2) is 27.8 Å². The van der Waals surface area contributed by atoms with E-state index in [0.29, 0.717) is 41.5 Å². The predicted octanol–water partition coefficient (Wildman–Crippen LogP) is 4.51. The van der Waals surface area contributed by atoms with E-state index >= 15 is 0 Å². The third kappa shape index (κ3) is 5.88. The van der Waals surface area contributed by atoms with Crippen LogP contribution in [0.2, 0.25) is 0 Å². The standard InChI is InChI=1S/C26H28F3N7O/c1-16-31-21-9-8-18(35(4)22-10-11-23(37)36(33-22)13-12-34(2)3)14-20(21)26(32-16)30-15-17-6-5-7-19(24(17)27)25(28)29/h5-11,14,25H,12-13,15H2,1-4H3,(H,30,31,32). The average molecular weight is 512 g/mol. The molecule has 194 valence electrons. The van der Waals surface area contributed by atoms with Crippen LogP contribution in [0.3, 0.4) is 0 Å². The number of anilines is 3. The first-order chi connectivity index (χ1) is 17.6. The van der Waals surface area contributed by atoms with Gasteiger partial charge in [-0.05, 0) is 45.3 Å². The fraction of sp³-hybridized carbons (Fsp3) is 0.308. The summed E-state index contributed by atoms with van der Waals surface area (Å²) >= 11 is 0. The van der Waals surface area contributed by atoms with Crippen LogP contribution in [0.1, 0.15) is 23.4 Å². The minimum atomic E-state index is -2.90. The van der Waals surface area contributed by atoms with E-state index in [0.717, 1.165) is 11.8 Å². The average Bonchev–Trinajstić information content (AvgIpc) is 2.86. The zero-order valence-corrected chi connectivity index (χ0v) is 21.0. The Bertz CT molecular complexity index is 1470. The van der Waals surface area contributed by atoms with Crippen LogP contribution >= 0.6 is 0 Å². The molecule has 4 rings (SSSR count). The number of likely N-dealkylation sites (N-methyl/N-ethyl adjacent to an activating group) is 1. The lowest BCUT2D eigenvalue weighted by atomic mass is 10.1. The summed E-state index contributed by atoms with van der Waals surface area (Å²) < 4.78 is 42.2. The highest BCUT2D eigenvalue weighted by Gasteiger charge is 2.17. The number of nitrogens with zero attached hydrogens (tertiary/aromatic N) is 6. The SMILES string of the molecule is Cc1nc(NCc2cccc(C(F)F)c2F)c2cc(N(C)c3ccc(=O)n(CCN(C)C)n3)ccc2n1. The Balaban J connectivity index is 1.65. The molecule has 8 nitrogen and oxygen atoms in total. The molecule has 0 bridgehead atoms. The Hall–Kier alpha value is -3.99. The molecule has 37 heavy (non-hydrogen) atoms. The highest BCUT2D eigenvalue weighted by Crippen LogP contribution is 2.29. The fourth-order valence-corrected chi connectivity index (χ4v) is 3.86. The van der Waals surface area contributed by atoms with Crippen molar-refractivity contribution in [3.05, 3.63) is 81.7 Å². The fourth-order valence-electron chi connectivity index (χ4n) is 3.86. The van der Waals surface area contributed by atoms with Crippen LogP contribution in [0.15, 0.2) is 53.3 Å². The molecule has 11 heteroatoms. The van der Waals surface area contributed by atoms with Gasteiger partial charge in [0.15, 0.2) is 5.82 Å². The van der Waals surface area contributed by atoms with Crippen LogP contribution < -0.4 is 15.8 Å². The van der Waals surface area contributed by atoms with Crippen molar-refractivity contribution in [1.82, 2.24) is 24.6 Å². The van der Waals surface area contributed by atoms with E-state index in [1.165, 1.54) is 22.9 Å². The third-order valence-corrected chi connectivity index (χ3v) is 5.92. The lowest BCUT2D eigenvalue weighted by Crippen LogP contribution is -2.29. The number of rotatable bonds is 9. The Labute approximate surface area is 212 Å². The van der Waals surface area contributed by atoms with Crippen LogP contribution in [-0.4, -0.2) is 52.3 Å². The molecule has 0 aliphatic carbocycles. The quantitative estimate of drug-likeness (QED) is 0.354. The van der Waals surface area contributed by atoms with Crippen molar-refractivity contribution < 1.29 is 13.2 Å². The summed E-state index contributed by atoms with van der Waals surface area (Å²) in [6, 6.07) is 12.7. The van der Waals surface area contributed by atoms with Gasteiger partial charge in [0.25, 0.3) is 12.0 Å². The molecule has 4 aromatic rings. The van der Waals surface area contributed by atoms with Crippen LogP contribution in [0.5, 0.6) is 0 Å². The molecule has 0 amide bonds. The summed E-state index contributed by atoms with van der Waals surface area (Å²) in [7, 11) is 5.68. The number of hydrogen-bond donors (Lipinski definition) is 1. The second-order valence-electron chi connectivity index (χ2n) is 8.91. The second kappa shape index (κ2) is 11.0. The van der Waals surface area contributed by atoms with Gasteiger partial charge in [0.1, 0.15) is 17.5 Å². The van der Waals surface area contributed by atoms with Crippen molar-refractivity contribution in [2.45, 2.75) is 26.4 Å². The number of aryl methyl sites for hydroxylation is 1. The van der Waals surface area contributed by atoms with Gasteiger partial charge in [-0.3, -0.25) is 4.79 Å². The maximum absolute atomic E-state index is 14.5. The van der Waals surface area contributed by atoms with Crippen molar-refractivity contribution in [3.63, 3.8) is 0 Å². The zero-order valence-electron chi connectivity index (χ0n) is 21.0. The summed E-state index contributed by atoms with van der Waals surface area (Å²) in [5.74, 6) is 0.596. The van der Waals surface area contributed by atoms with Crippen molar-refractivity contribution in [2.24, 2.45) is 0 Å². The molecule has 0 spiro atoms. The molecule has 0 radical (unpaired) electrons. The molecule has 2 aromatic heterocycles. The number of nitrogens with one attached hydrogen (secondary N) is 1. The van der Waals surface area contributed by atoms with E-state index in [1.54, 1.807) is 13.0 Å². The Morgan fingerprint density at radius 2 is 1.84 bits per heavy atom. The number of aromatic nitrogens is 4. The smallest absolute Gasteiger partial charge is 0.266 e. The van der Waals surface area contributed by atoms with Gasteiger partial charge in [-0.2, -0.15) is 5.10 Å². The Morgan fingerprint density at radius 3 is 2.57 bits per heavy atom. The summed E-state index contributed by atoms with van der Waals surface area (Å²) in [4.78, 5) is 25.0. The lowest BCUT2D eigenvalue weighted by Gasteiger charge is -2.20. The highest BCUT2D eigenvalue weighted by molar-refractivity contribution is 5.92. The number of hydrogen-bond acceptors (Lipinski definition) is 7. The first-order valence-corrected chi connectivity index (χ1v) is 11.7. The summed E-state index contributed by atoms with van der Waals surface area (Å²) in [6.07, 6.45) is -2.90. The van der Waals surface area contributed by atoms with Gasteiger partial charge in [-0.15, -0.1) is 0 Å². The van der Waals surface area contributed by atoms with Crippen molar-refractivity contribution in [1.29, 1.82) is 0 Å². The van der Waals surface area contributed by atoms with Gasteiger partial charge in [0.05, 0.1) is 17.6 Å². The van der Waals surface area contributed by atoms with Gasteiger partial charge >= 0.3 is 0 Å². The van der Waals surface area contributed by atoms with E-state index < -0.39 is 17.8 Å². The second-order valence-corrected chi connectivity index (χ2v) is 8.91. The molecule has 2 aromatic carbocycles. The molecule has 0 unspecified atom stereocenters. The van der Waals surface area contributed by atoms with Gasteiger partial charge < -0.3 is 15.1 Å². The number of alkyl halides is 2. The monoisotopic (exact) mass is 511 g/mol. The van der Waals surface area contributed by atoms with Crippen molar-refractivity contribution in [3.8, 4) is 0 Å². The first-order valence-electron chi connectivity index (χ1n) is 11.7. The number of benzene rings is 2.